The van der Waals surface area contributed by atoms with Crippen molar-refractivity contribution < 1.29 is 9.90 Å². The predicted octanol–water partition coefficient (Wildman–Crippen LogP) is 1.70. The average molecular weight is 248 g/mol. The van der Waals surface area contributed by atoms with Crippen molar-refractivity contribution in [2.24, 2.45) is 11.7 Å². The number of hydrogen-bond donors (Lipinski definition) is 2. The zero-order chi connectivity index (χ0) is 13.2. The second kappa shape index (κ2) is 4.98. The highest BCUT2D eigenvalue weighted by Crippen LogP contribution is 2.39. The summed E-state index contributed by atoms with van der Waals surface area (Å²) in [5, 5.41) is 9.38. The van der Waals surface area contributed by atoms with Gasteiger partial charge in [-0.1, -0.05) is 18.2 Å². The summed E-state index contributed by atoms with van der Waals surface area (Å²) in [4.78, 5) is 13.5. The number of likely N-dealkylation sites (N-methyl/N-ethyl adjacent to an activating group) is 1. The topological polar surface area (TPSA) is 66.6 Å². The summed E-state index contributed by atoms with van der Waals surface area (Å²) in [5.74, 6) is -0.771. The Morgan fingerprint density at radius 1 is 1.44 bits per heavy atom. The van der Waals surface area contributed by atoms with Gasteiger partial charge in [-0.2, -0.15) is 0 Å². The standard InChI is InChI=1S/C14H20N2O2/c1-2-16(12-6-4-3-5-7-12)10-14(15,13(17)18)11-8-9-11/h3-7,11H,2,8-10,15H2,1H3,(H,17,18). The van der Waals surface area contributed by atoms with Crippen LogP contribution in [0, 0.1) is 5.92 Å². The van der Waals surface area contributed by atoms with Crippen LogP contribution in [0.25, 0.3) is 0 Å². The molecule has 98 valence electrons. The van der Waals surface area contributed by atoms with Gasteiger partial charge in [0.05, 0.1) is 0 Å². The van der Waals surface area contributed by atoms with E-state index in [-0.39, 0.29) is 5.92 Å². The van der Waals surface area contributed by atoms with E-state index in [1.165, 1.54) is 0 Å². The molecule has 1 unspecified atom stereocenters. The Kier molecular flexibility index (Phi) is 3.57. The summed E-state index contributed by atoms with van der Waals surface area (Å²) in [6.45, 7) is 3.14. The van der Waals surface area contributed by atoms with Crippen LogP contribution in [0.2, 0.25) is 0 Å². The molecule has 0 aliphatic heterocycles. The van der Waals surface area contributed by atoms with Crippen LogP contribution >= 0.6 is 0 Å². The molecule has 4 nitrogen and oxygen atoms in total. The predicted molar refractivity (Wildman–Crippen MR) is 71.6 cm³/mol. The Morgan fingerprint density at radius 2 is 2.06 bits per heavy atom. The smallest absolute Gasteiger partial charge is 0.325 e. The van der Waals surface area contributed by atoms with Crippen molar-refractivity contribution in [2.45, 2.75) is 25.3 Å². The van der Waals surface area contributed by atoms with E-state index in [1.54, 1.807) is 0 Å². The van der Waals surface area contributed by atoms with Gasteiger partial charge in [-0.25, -0.2) is 0 Å². The van der Waals surface area contributed by atoms with Gasteiger partial charge >= 0.3 is 5.97 Å². The number of aliphatic carboxylic acids is 1. The first kappa shape index (κ1) is 12.9. The molecule has 18 heavy (non-hydrogen) atoms. The van der Waals surface area contributed by atoms with Crippen LogP contribution in [0.5, 0.6) is 0 Å². The molecule has 4 heteroatoms. The fourth-order valence-electron chi connectivity index (χ4n) is 2.31. The molecule has 0 heterocycles. The molecule has 0 aromatic heterocycles. The van der Waals surface area contributed by atoms with E-state index in [2.05, 4.69) is 0 Å². The first-order valence-corrected chi connectivity index (χ1v) is 6.40. The molecule has 2 rings (SSSR count). The monoisotopic (exact) mass is 248 g/mol. The number of nitrogens with zero attached hydrogens (tertiary/aromatic N) is 1. The fraction of sp³-hybridized carbons (Fsp3) is 0.500. The van der Waals surface area contributed by atoms with Gasteiger partial charge in [0, 0.05) is 18.8 Å². The maximum Gasteiger partial charge on any atom is 0.325 e. The second-order valence-corrected chi connectivity index (χ2v) is 4.97. The molecule has 0 saturated heterocycles. The summed E-state index contributed by atoms with van der Waals surface area (Å²) < 4.78 is 0. The molecule has 1 saturated carbocycles. The highest BCUT2D eigenvalue weighted by molar-refractivity contribution is 5.80. The maximum atomic E-state index is 11.4. The van der Waals surface area contributed by atoms with Gasteiger partial charge < -0.3 is 15.7 Å². The largest absolute Gasteiger partial charge is 0.480 e. The molecule has 1 aliphatic rings. The third-order valence-corrected chi connectivity index (χ3v) is 3.66. The van der Waals surface area contributed by atoms with Crippen molar-refractivity contribution in [3.8, 4) is 0 Å². The van der Waals surface area contributed by atoms with Crippen LogP contribution in [0.1, 0.15) is 19.8 Å². The molecule has 1 fully saturated rings. The van der Waals surface area contributed by atoms with Crippen LogP contribution in [0.3, 0.4) is 0 Å². The molecule has 1 aromatic rings. The average Bonchev–Trinajstić information content (AvgIpc) is 3.21. The van der Waals surface area contributed by atoms with E-state index in [9.17, 15) is 9.90 Å². The maximum absolute atomic E-state index is 11.4. The van der Waals surface area contributed by atoms with Crippen molar-refractivity contribution >= 4 is 11.7 Å². The lowest BCUT2D eigenvalue weighted by atomic mass is 9.93. The number of rotatable bonds is 6. The summed E-state index contributed by atoms with van der Waals surface area (Å²) in [7, 11) is 0. The fourth-order valence-corrected chi connectivity index (χ4v) is 2.31. The van der Waals surface area contributed by atoms with Crippen molar-refractivity contribution in [3.63, 3.8) is 0 Å². The van der Waals surface area contributed by atoms with Crippen LogP contribution in [-0.4, -0.2) is 29.7 Å². The molecule has 3 N–H and O–H groups in total. The molecule has 1 aromatic carbocycles. The van der Waals surface area contributed by atoms with Crippen molar-refractivity contribution in [3.05, 3.63) is 30.3 Å². The number of nitrogens with two attached hydrogens (primary N) is 1. The first-order chi connectivity index (χ1) is 8.58. The zero-order valence-electron chi connectivity index (χ0n) is 10.7. The molecule has 0 bridgehead atoms. The molecule has 0 radical (unpaired) electrons. The van der Waals surface area contributed by atoms with E-state index in [4.69, 9.17) is 5.73 Å². The summed E-state index contributed by atoms with van der Waals surface area (Å²) in [6.07, 6.45) is 1.85. The van der Waals surface area contributed by atoms with Crippen LogP contribution in [-0.2, 0) is 4.79 Å². The van der Waals surface area contributed by atoms with Gasteiger partial charge in [-0.15, -0.1) is 0 Å². The lowest BCUT2D eigenvalue weighted by molar-refractivity contribution is -0.143. The van der Waals surface area contributed by atoms with Gasteiger partial charge in [-0.05, 0) is 37.8 Å². The Bertz CT molecular complexity index is 417. The second-order valence-electron chi connectivity index (χ2n) is 4.97. The molecule has 1 atom stereocenters. The molecule has 0 spiro atoms. The minimum absolute atomic E-state index is 0.118. The van der Waals surface area contributed by atoms with E-state index in [0.717, 1.165) is 25.1 Å². The number of anilines is 1. The summed E-state index contributed by atoms with van der Waals surface area (Å²) in [5.41, 5.74) is 6.02. The highest BCUT2D eigenvalue weighted by Gasteiger charge is 2.49. The van der Waals surface area contributed by atoms with Crippen LogP contribution < -0.4 is 10.6 Å². The van der Waals surface area contributed by atoms with Crippen molar-refractivity contribution in [1.82, 2.24) is 0 Å². The van der Waals surface area contributed by atoms with Gasteiger partial charge in [0.25, 0.3) is 0 Å². The number of carboxylic acid groups (broad SMARTS) is 1. The molecule has 0 amide bonds. The van der Waals surface area contributed by atoms with Gasteiger partial charge in [0.2, 0.25) is 0 Å². The number of para-hydroxylation sites is 1. The van der Waals surface area contributed by atoms with Gasteiger partial charge in [0.15, 0.2) is 0 Å². The van der Waals surface area contributed by atoms with Gasteiger partial charge in [0.1, 0.15) is 5.54 Å². The molecule has 1 aliphatic carbocycles. The highest BCUT2D eigenvalue weighted by atomic mass is 16.4. The van der Waals surface area contributed by atoms with Crippen LogP contribution in [0.4, 0.5) is 5.69 Å². The van der Waals surface area contributed by atoms with E-state index < -0.39 is 11.5 Å². The van der Waals surface area contributed by atoms with Gasteiger partial charge in [-0.3, -0.25) is 4.79 Å². The Hall–Kier alpha value is -1.55. The Morgan fingerprint density at radius 3 is 2.50 bits per heavy atom. The van der Waals surface area contributed by atoms with E-state index in [0.29, 0.717) is 6.54 Å². The first-order valence-electron chi connectivity index (χ1n) is 6.40. The lowest BCUT2D eigenvalue weighted by Gasteiger charge is -2.33. The Labute approximate surface area is 107 Å². The summed E-state index contributed by atoms with van der Waals surface area (Å²) in [6, 6.07) is 9.82. The third kappa shape index (κ3) is 2.48. The van der Waals surface area contributed by atoms with E-state index >= 15 is 0 Å². The SMILES string of the molecule is CCN(CC(N)(C(=O)O)C1CC1)c1ccccc1. The molecular formula is C14H20N2O2. The van der Waals surface area contributed by atoms with E-state index in [1.807, 2.05) is 42.2 Å². The normalized spacial score (nSPS) is 18.1. The minimum Gasteiger partial charge on any atom is -0.480 e. The van der Waals surface area contributed by atoms with Crippen molar-refractivity contribution in [2.75, 3.05) is 18.0 Å². The Balaban J connectivity index is 2.17. The van der Waals surface area contributed by atoms with Crippen LogP contribution in [0.15, 0.2) is 30.3 Å². The zero-order valence-corrected chi connectivity index (χ0v) is 10.7. The molecular weight excluding hydrogens is 228 g/mol. The third-order valence-electron chi connectivity index (χ3n) is 3.66. The summed E-state index contributed by atoms with van der Waals surface area (Å²) >= 11 is 0. The number of carboxylic acids is 1. The number of benzene rings is 1. The minimum atomic E-state index is -1.12. The quantitative estimate of drug-likeness (QED) is 0.804. The lowest BCUT2D eigenvalue weighted by Crippen LogP contribution is -2.58. The van der Waals surface area contributed by atoms with Crippen molar-refractivity contribution in [1.29, 1.82) is 0 Å². The number of carbonyl (C=O) groups is 1. The number of hydrogen-bond acceptors (Lipinski definition) is 3.